The van der Waals surface area contributed by atoms with Crippen molar-refractivity contribution in [3.05, 3.63) is 77.0 Å². The van der Waals surface area contributed by atoms with Crippen molar-refractivity contribution in [3.63, 3.8) is 0 Å². The maximum atomic E-state index is 13.6. The van der Waals surface area contributed by atoms with Gasteiger partial charge < -0.3 is 14.5 Å². The zero-order valence-corrected chi connectivity index (χ0v) is 19.0. The van der Waals surface area contributed by atoms with Crippen molar-refractivity contribution < 1.29 is 9.53 Å². The number of carbonyl (C=O) groups excluding carboxylic acids is 1. The van der Waals surface area contributed by atoms with Crippen LogP contribution in [-0.2, 0) is 11.3 Å². The molecule has 33 heavy (non-hydrogen) atoms. The van der Waals surface area contributed by atoms with Gasteiger partial charge in [0.05, 0.1) is 36.1 Å². The van der Waals surface area contributed by atoms with Gasteiger partial charge in [0, 0.05) is 37.9 Å². The third-order valence-electron chi connectivity index (χ3n) is 5.71. The van der Waals surface area contributed by atoms with Crippen LogP contribution in [0.5, 0.6) is 0 Å². The van der Waals surface area contributed by atoms with Crippen molar-refractivity contribution in [1.29, 1.82) is 5.26 Å². The number of rotatable bonds is 6. The molecule has 7 heteroatoms. The lowest BCUT2D eigenvalue weighted by atomic mass is 10.0. The van der Waals surface area contributed by atoms with E-state index in [1.807, 2.05) is 44.2 Å². The number of hydrogen-bond donors (Lipinski definition) is 0. The largest absolute Gasteiger partial charge is 0.378 e. The van der Waals surface area contributed by atoms with E-state index in [1.54, 1.807) is 23.2 Å². The fourth-order valence-electron chi connectivity index (χ4n) is 3.90. The van der Waals surface area contributed by atoms with E-state index in [0.29, 0.717) is 62.2 Å². The molecule has 1 amide bonds. The number of nitriles is 1. The lowest BCUT2D eigenvalue weighted by Gasteiger charge is -2.28. The molecule has 0 spiro atoms. The first kappa shape index (κ1) is 22.4. The van der Waals surface area contributed by atoms with E-state index in [4.69, 9.17) is 15.0 Å². The van der Waals surface area contributed by atoms with Crippen molar-refractivity contribution in [2.24, 2.45) is 0 Å². The summed E-state index contributed by atoms with van der Waals surface area (Å²) in [5, 5.41) is 9.17. The van der Waals surface area contributed by atoms with Crippen LogP contribution in [0.2, 0.25) is 0 Å². The normalized spacial score (nSPS) is 13.4. The second-order valence-corrected chi connectivity index (χ2v) is 8.03. The van der Waals surface area contributed by atoms with Crippen molar-refractivity contribution >= 4 is 11.9 Å². The Morgan fingerprint density at radius 3 is 2.61 bits per heavy atom. The molecule has 0 radical (unpaired) electrons. The Labute approximate surface area is 194 Å². The van der Waals surface area contributed by atoms with E-state index in [2.05, 4.69) is 22.0 Å². The number of aryl methyl sites for hydroxylation is 1. The van der Waals surface area contributed by atoms with Gasteiger partial charge in [-0.1, -0.05) is 42.0 Å². The summed E-state index contributed by atoms with van der Waals surface area (Å²) in [7, 11) is 0. The van der Waals surface area contributed by atoms with Crippen molar-refractivity contribution in [2.45, 2.75) is 20.4 Å². The van der Waals surface area contributed by atoms with Crippen LogP contribution in [0.15, 0.2) is 54.7 Å². The van der Waals surface area contributed by atoms with Crippen LogP contribution >= 0.6 is 0 Å². The van der Waals surface area contributed by atoms with E-state index >= 15 is 0 Å². The molecule has 4 rings (SSSR count). The molecule has 2 heterocycles. The zero-order chi connectivity index (χ0) is 23.2. The average molecular weight is 442 g/mol. The van der Waals surface area contributed by atoms with Gasteiger partial charge in [0.1, 0.15) is 0 Å². The predicted molar refractivity (Wildman–Crippen MR) is 127 cm³/mol. The minimum atomic E-state index is -0.119. The van der Waals surface area contributed by atoms with Gasteiger partial charge >= 0.3 is 0 Å². The van der Waals surface area contributed by atoms with Gasteiger partial charge in [0.2, 0.25) is 5.95 Å². The molecule has 0 saturated carbocycles. The molecular formula is C26H27N5O2. The Morgan fingerprint density at radius 1 is 1.18 bits per heavy atom. The lowest BCUT2D eigenvalue weighted by Crippen LogP contribution is -2.37. The summed E-state index contributed by atoms with van der Waals surface area (Å²) in [4.78, 5) is 26.8. The number of ether oxygens (including phenoxy) is 1. The van der Waals surface area contributed by atoms with Crippen LogP contribution in [0.4, 0.5) is 5.95 Å². The molecule has 0 unspecified atom stereocenters. The minimum absolute atomic E-state index is 0.119. The topological polar surface area (TPSA) is 82.3 Å². The highest BCUT2D eigenvalue weighted by Gasteiger charge is 2.23. The van der Waals surface area contributed by atoms with E-state index in [0.717, 1.165) is 16.7 Å². The lowest BCUT2D eigenvalue weighted by molar-refractivity contribution is 0.0752. The third-order valence-corrected chi connectivity index (χ3v) is 5.71. The number of aromatic nitrogens is 2. The van der Waals surface area contributed by atoms with Crippen LogP contribution in [0.1, 0.15) is 34.0 Å². The SMILES string of the molecule is CCN(Cc1cccc(C)c1)C(=O)c1cnc(N2CCOCC2)nc1-c1ccc(C#N)cc1. The Balaban J connectivity index is 1.71. The number of morpholine rings is 1. The Morgan fingerprint density at radius 2 is 1.94 bits per heavy atom. The van der Waals surface area contributed by atoms with Crippen LogP contribution in [-0.4, -0.2) is 53.6 Å². The first-order chi connectivity index (χ1) is 16.1. The molecule has 1 aliphatic heterocycles. The molecule has 0 N–H and O–H groups in total. The van der Waals surface area contributed by atoms with Crippen molar-refractivity contribution in [1.82, 2.24) is 14.9 Å². The highest BCUT2D eigenvalue weighted by molar-refractivity contribution is 5.99. The molecule has 7 nitrogen and oxygen atoms in total. The summed E-state index contributed by atoms with van der Waals surface area (Å²) in [6, 6.07) is 17.5. The van der Waals surface area contributed by atoms with Crippen molar-refractivity contribution in [3.8, 4) is 17.3 Å². The van der Waals surface area contributed by atoms with E-state index < -0.39 is 0 Å². The standard InChI is InChI=1S/C26H27N5O2/c1-3-30(18-21-6-4-5-19(2)15-21)25(32)23-17-28-26(31-11-13-33-14-12-31)29-24(23)22-9-7-20(16-27)8-10-22/h4-10,15,17H,3,11-14,18H2,1-2H3. The Bertz CT molecular complexity index is 1160. The highest BCUT2D eigenvalue weighted by atomic mass is 16.5. The molecule has 1 aromatic heterocycles. The maximum absolute atomic E-state index is 13.6. The molecule has 1 fully saturated rings. The molecule has 0 atom stereocenters. The van der Waals surface area contributed by atoms with Gasteiger partial charge in [0.25, 0.3) is 5.91 Å². The number of benzene rings is 2. The van der Waals surface area contributed by atoms with Crippen LogP contribution in [0.3, 0.4) is 0 Å². The van der Waals surface area contributed by atoms with E-state index in [9.17, 15) is 4.79 Å². The van der Waals surface area contributed by atoms with Gasteiger partial charge in [0.15, 0.2) is 0 Å². The molecule has 0 bridgehead atoms. The van der Waals surface area contributed by atoms with E-state index in [1.165, 1.54) is 0 Å². The fraction of sp³-hybridized carbons (Fsp3) is 0.308. The molecule has 1 aliphatic rings. The molecule has 1 saturated heterocycles. The summed E-state index contributed by atoms with van der Waals surface area (Å²) in [6.07, 6.45) is 1.63. The number of amides is 1. The van der Waals surface area contributed by atoms with Crippen LogP contribution in [0.25, 0.3) is 11.3 Å². The maximum Gasteiger partial charge on any atom is 0.257 e. The number of hydrogen-bond acceptors (Lipinski definition) is 6. The van der Waals surface area contributed by atoms with Crippen LogP contribution in [0, 0.1) is 18.3 Å². The first-order valence-electron chi connectivity index (χ1n) is 11.1. The first-order valence-corrected chi connectivity index (χ1v) is 11.1. The summed E-state index contributed by atoms with van der Waals surface area (Å²) in [5.41, 5.74) is 4.60. The summed E-state index contributed by atoms with van der Waals surface area (Å²) >= 11 is 0. The summed E-state index contributed by atoms with van der Waals surface area (Å²) in [6.45, 7) is 7.73. The van der Waals surface area contributed by atoms with E-state index in [-0.39, 0.29) is 5.91 Å². The van der Waals surface area contributed by atoms with Crippen molar-refractivity contribution in [2.75, 3.05) is 37.7 Å². The fourth-order valence-corrected chi connectivity index (χ4v) is 3.90. The predicted octanol–water partition coefficient (Wildman–Crippen LogP) is 3.82. The second kappa shape index (κ2) is 10.2. The summed E-state index contributed by atoms with van der Waals surface area (Å²) in [5.74, 6) is 0.461. The number of nitrogens with zero attached hydrogens (tertiary/aromatic N) is 5. The average Bonchev–Trinajstić information content (AvgIpc) is 2.87. The quantitative estimate of drug-likeness (QED) is 0.578. The third kappa shape index (κ3) is 5.18. The Hall–Kier alpha value is -3.76. The van der Waals surface area contributed by atoms with Gasteiger partial charge in [-0.2, -0.15) is 5.26 Å². The summed E-state index contributed by atoms with van der Waals surface area (Å²) < 4.78 is 5.45. The van der Waals surface area contributed by atoms with Gasteiger partial charge in [-0.15, -0.1) is 0 Å². The van der Waals surface area contributed by atoms with Crippen LogP contribution < -0.4 is 4.90 Å². The molecule has 168 valence electrons. The second-order valence-electron chi connectivity index (χ2n) is 8.03. The monoisotopic (exact) mass is 441 g/mol. The molecule has 3 aromatic rings. The van der Waals surface area contributed by atoms with Gasteiger partial charge in [-0.25, -0.2) is 9.97 Å². The Kier molecular flexibility index (Phi) is 6.96. The van der Waals surface area contributed by atoms with Gasteiger partial charge in [-0.3, -0.25) is 4.79 Å². The molecule has 0 aliphatic carbocycles. The minimum Gasteiger partial charge on any atom is -0.378 e. The van der Waals surface area contributed by atoms with Gasteiger partial charge in [-0.05, 0) is 31.5 Å². The molecule has 2 aromatic carbocycles. The number of carbonyl (C=O) groups is 1. The number of anilines is 1. The molecular weight excluding hydrogens is 414 g/mol. The zero-order valence-electron chi connectivity index (χ0n) is 19.0. The smallest absolute Gasteiger partial charge is 0.257 e. The highest BCUT2D eigenvalue weighted by Crippen LogP contribution is 2.26.